The first kappa shape index (κ1) is 14.3. The molecule has 0 unspecified atom stereocenters. The second-order valence-corrected chi connectivity index (χ2v) is 5.04. The van der Waals surface area contributed by atoms with Gasteiger partial charge in [0.15, 0.2) is 5.78 Å². The first-order valence-electron chi connectivity index (χ1n) is 6.15. The Bertz CT molecular complexity index is 660. The number of anilines is 1. The maximum absolute atomic E-state index is 12.1. The third kappa shape index (κ3) is 3.45. The van der Waals surface area contributed by atoms with Crippen molar-refractivity contribution in [1.82, 2.24) is 0 Å². The van der Waals surface area contributed by atoms with E-state index in [9.17, 15) is 9.59 Å². The maximum atomic E-state index is 12.1. The minimum Gasteiger partial charge on any atom is -0.322 e. The number of ketones is 1. The number of hydrogen-bond donors (Lipinski definition) is 1. The molecular formula is C16H14ClNO2. The number of halogens is 1. The van der Waals surface area contributed by atoms with Crippen molar-refractivity contribution in [3.8, 4) is 0 Å². The highest BCUT2D eigenvalue weighted by Gasteiger charge is 2.08. The standard InChI is InChI=1S/C16H14ClNO2/c1-10-6-13(8-14(17)7-10)16(20)18-15-5-3-4-12(9-15)11(2)19/h3-9H,1-2H3,(H,18,20). The Hall–Kier alpha value is -2.13. The molecule has 2 rings (SSSR count). The highest BCUT2D eigenvalue weighted by molar-refractivity contribution is 6.31. The fourth-order valence-electron chi connectivity index (χ4n) is 1.89. The van der Waals surface area contributed by atoms with Crippen molar-refractivity contribution < 1.29 is 9.59 Å². The quantitative estimate of drug-likeness (QED) is 0.864. The summed E-state index contributed by atoms with van der Waals surface area (Å²) < 4.78 is 0. The van der Waals surface area contributed by atoms with Crippen LogP contribution in [-0.4, -0.2) is 11.7 Å². The van der Waals surface area contributed by atoms with Crippen LogP contribution in [0.1, 0.15) is 33.2 Å². The van der Waals surface area contributed by atoms with Gasteiger partial charge in [-0.05, 0) is 49.7 Å². The summed E-state index contributed by atoms with van der Waals surface area (Å²) in [5.74, 6) is -0.295. The molecule has 0 saturated heterocycles. The molecule has 0 aromatic heterocycles. The van der Waals surface area contributed by atoms with Gasteiger partial charge in [-0.25, -0.2) is 0 Å². The number of benzene rings is 2. The van der Waals surface area contributed by atoms with Gasteiger partial charge in [0, 0.05) is 21.8 Å². The van der Waals surface area contributed by atoms with Crippen molar-refractivity contribution >= 4 is 29.0 Å². The molecule has 20 heavy (non-hydrogen) atoms. The molecule has 1 amide bonds. The smallest absolute Gasteiger partial charge is 0.255 e. The van der Waals surface area contributed by atoms with E-state index in [2.05, 4.69) is 5.32 Å². The molecule has 0 saturated carbocycles. The molecule has 102 valence electrons. The fraction of sp³-hybridized carbons (Fsp3) is 0.125. The van der Waals surface area contributed by atoms with Crippen LogP contribution in [0.3, 0.4) is 0 Å². The van der Waals surface area contributed by atoms with Gasteiger partial charge in [-0.3, -0.25) is 9.59 Å². The highest BCUT2D eigenvalue weighted by Crippen LogP contribution is 2.17. The zero-order chi connectivity index (χ0) is 14.7. The van der Waals surface area contributed by atoms with Crippen molar-refractivity contribution in [2.24, 2.45) is 0 Å². The Morgan fingerprint density at radius 1 is 1.05 bits per heavy atom. The van der Waals surface area contributed by atoms with Gasteiger partial charge < -0.3 is 5.32 Å². The van der Waals surface area contributed by atoms with Crippen molar-refractivity contribution in [2.75, 3.05) is 5.32 Å². The predicted molar refractivity (Wildman–Crippen MR) is 80.6 cm³/mol. The van der Waals surface area contributed by atoms with Crippen LogP contribution in [0.5, 0.6) is 0 Å². The molecule has 0 aliphatic heterocycles. The summed E-state index contributed by atoms with van der Waals surface area (Å²) in [7, 11) is 0. The molecule has 2 aromatic carbocycles. The largest absolute Gasteiger partial charge is 0.322 e. The van der Waals surface area contributed by atoms with Gasteiger partial charge in [0.1, 0.15) is 0 Å². The van der Waals surface area contributed by atoms with E-state index in [0.717, 1.165) is 5.56 Å². The van der Waals surface area contributed by atoms with Crippen molar-refractivity contribution in [3.63, 3.8) is 0 Å². The van der Waals surface area contributed by atoms with Crippen LogP contribution in [0, 0.1) is 6.92 Å². The minimum atomic E-state index is -0.253. The van der Waals surface area contributed by atoms with Crippen LogP contribution in [0.4, 0.5) is 5.69 Å². The summed E-state index contributed by atoms with van der Waals surface area (Å²) in [6, 6.07) is 12.0. The van der Waals surface area contributed by atoms with E-state index in [1.54, 1.807) is 42.5 Å². The third-order valence-electron chi connectivity index (χ3n) is 2.83. The van der Waals surface area contributed by atoms with Crippen LogP contribution in [0.15, 0.2) is 42.5 Å². The molecule has 0 bridgehead atoms. The Labute approximate surface area is 122 Å². The minimum absolute atomic E-state index is 0.0419. The Morgan fingerprint density at radius 3 is 2.45 bits per heavy atom. The maximum Gasteiger partial charge on any atom is 0.255 e. The molecule has 0 radical (unpaired) electrons. The monoisotopic (exact) mass is 287 g/mol. The van der Waals surface area contributed by atoms with Crippen molar-refractivity contribution in [2.45, 2.75) is 13.8 Å². The summed E-state index contributed by atoms with van der Waals surface area (Å²) in [5, 5.41) is 3.28. The number of aryl methyl sites for hydroxylation is 1. The SMILES string of the molecule is CC(=O)c1cccc(NC(=O)c2cc(C)cc(Cl)c2)c1. The van der Waals surface area contributed by atoms with Gasteiger partial charge in [-0.2, -0.15) is 0 Å². The molecule has 1 N–H and O–H groups in total. The number of carbonyl (C=O) groups is 2. The molecule has 2 aromatic rings. The van der Waals surface area contributed by atoms with Crippen molar-refractivity contribution in [3.05, 3.63) is 64.2 Å². The Kier molecular flexibility index (Phi) is 4.20. The van der Waals surface area contributed by atoms with Crippen LogP contribution < -0.4 is 5.32 Å². The number of hydrogen-bond acceptors (Lipinski definition) is 2. The van der Waals surface area contributed by atoms with Gasteiger partial charge in [-0.1, -0.05) is 23.7 Å². The van der Waals surface area contributed by atoms with E-state index in [1.165, 1.54) is 6.92 Å². The zero-order valence-corrected chi connectivity index (χ0v) is 12.0. The van der Waals surface area contributed by atoms with Crippen LogP contribution in [0.25, 0.3) is 0 Å². The lowest BCUT2D eigenvalue weighted by Crippen LogP contribution is -2.12. The van der Waals surface area contributed by atoms with Crippen LogP contribution >= 0.6 is 11.6 Å². The van der Waals surface area contributed by atoms with Gasteiger partial charge in [0.25, 0.3) is 5.91 Å². The summed E-state index contributed by atoms with van der Waals surface area (Å²) in [5.41, 5.74) is 2.55. The molecule has 0 fully saturated rings. The molecule has 0 aliphatic carbocycles. The average Bonchev–Trinajstić information content (AvgIpc) is 2.37. The predicted octanol–water partition coefficient (Wildman–Crippen LogP) is 4.10. The van der Waals surface area contributed by atoms with E-state index in [0.29, 0.717) is 21.8 Å². The molecule has 0 heterocycles. The third-order valence-corrected chi connectivity index (χ3v) is 3.05. The van der Waals surface area contributed by atoms with E-state index in [4.69, 9.17) is 11.6 Å². The Balaban J connectivity index is 2.23. The number of Topliss-reactive ketones (excluding diaryl/α,β-unsaturated/α-hetero) is 1. The number of nitrogens with one attached hydrogen (secondary N) is 1. The highest BCUT2D eigenvalue weighted by atomic mass is 35.5. The number of rotatable bonds is 3. The molecule has 0 aliphatic rings. The molecule has 0 atom stereocenters. The van der Waals surface area contributed by atoms with Gasteiger partial charge in [-0.15, -0.1) is 0 Å². The first-order valence-corrected chi connectivity index (χ1v) is 6.53. The van der Waals surface area contributed by atoms with Crippen LogP contribution in [-0.2, 0) is 0 Å². The number of carbonyl (C=O) groups excluding carboxylic acids is 2. The molecule has 0 spiro atoms. The number of amides is 1. The summed E-state index contributed by atoms with van der Waals surface area (Å²) in [6.45, 7) is 3.36. The lowest BCUT2D eigenvalue weighted by atomic mass is 10.1. The van der Waals surface area contributed by atoms with E-state index >= 15 is 0 Å². The van der Waals surface area contributed by atoms with Gasteiger partial charge in [0.05, 0.1) is 0 Å². The summed E-state index contributed by atoms with van der Waals surface area (Å²) in [4.78, 5) is 23.5. The van der Waals surface area contributed by atoms with Gasteiger partial charge >= 0.3 is 0 Å². The molecule has 4 heteroatoms. The van der Waals surface area contributed by atoms with E-state index in [1.807, 2.05) is 6.92 Å². The second-order valence-electron chi connectivity index (χ2n) is 4.61. The summed E-state index contributed by atoms with van der Waals surface area (Å²) >= 11 is 5.94. The van der Waals surface area contributed by atoms with E-state index in [-0.39, 0.29) is 11.7 Å². The average molecular weight is 288 g/mol. The van der Waals surface area contributed by atoms with E-state index < -0.39 is 0 Å². The first-order chi connectivity index (χ1) is 9.45. The van der Waals surface area contributed by atoms with Crippen molar-refractivity contribution in [1.29, 1.82) is 0 Å². The van der Waals surface area contributed by atoms with Gasteiger partial charge in [0.2, 0.25) is 0 Å². The Morgan fingerprint density at radius 2 is 1.80 bits per heavy atom. The molecular weight excluding hydrogens is 274 g/mol. The lowest BCUT2D eigenvalue weighted by molar-refractivity contribution is 0.101. The topological polar surface area (TPSA) is 46.2 Å². The molecule has 3 nitrogen and oxygen atoms in total. The fourth-order valence-corrected chi connectivity index (χ4v) is 2.18. The second kappa shape index (κ2) is 5.88. The normalized spacial score (nSPS) is 10.2. The van der Waals surface area contributed by atoms with Crippen LogP contribution in [0.2, 0.25) is 5.02 Å². The zero-order valence-electron chi connectivity index (χ0n) is 11.2. The summed E-state index contributed by atoms with van der Waals surface area (Å²) in [6.07, 6.45) is 0. The lowest BCUT2D eigenvalue weighted by Gasteiger charge is -2.07.